The molecule has 1 aliphatic rings. The highest BCUT2D eigenvalue weighted by atomic mass is 32.1. The van der Waals surface area contributed by atoms with Gasteiger partial charge in [-0.3, -0.25) is 4.79 Å². The molecular weight excluding hydrogens is 220 g/mol. The molecule has 0 saturated carbocycles. The second-order valence-corrected chi connectivity index (χ2v) is 5.00. The van der Waals surface area contributed by atoms with E-state index in [4.69, 9.17) is 4.42 Å². The lowest BCUT2D eigenvalue weighted by molar-refractivity contribution is 0.110. The van der Waals surface area contributed by atoms with E-state index in [1.54, 1.807) is 11.3 Å². The van der Waals surface area contributed by atoms with Crippen LogP contribution >= 0.6 is 11.3 Å². The van der Waals surface area contributed by atoms with E-state index in [-0.39, 0.29) is 0 Å². The number of fused-ring (bicyclic) bond motifs is 1. The molecule has 82 valence electrons. The molecule has 3 rings (SSSR count). The van der Waals surface area contributed by atoms with Crippen molar-refractivity contribution in [1.82, 2.24) is 0 Å². The molecular formula is C13H12O2S. The van der Waals surface area contributed by atoms with E-state index in [0.717, 1.165) is 41.7 Å². The van der Waals surface area contributed by atoms with E-state index in [9.17, 15) is 4.79 Å². The molecule has 0 fully saturated rings. The zero-order valence-electron chi connectivity index (χ0n) is 8.86. The van der Waals surface area contributed by atoms with Gasteiger partial charge in [0.05, 0.1) is 4.88 Å². The van der Waals surface area contributed by atoms with E-state index in [1.807, 2.05) is 17.5 Å². The van der Waals surface area contributed by atoms with Gasteiger partial charge in [-0.15, -0.1) is 11.3 Å². The zero-order chi connectivity index (χ0) is 11.0. The minimum Gasteiger partial charge on any atom is -0.452 e. The van der Waals surface area contributed by atoms with Crippen molar-refractivity contribution in [2.45, 2.75) is 25.7 Å². The minimum atomic E-state index is 0.540. The van der Waals surface area contributed by atoms with Crippen molar-refractivity contribution in [2.24, 2.45) is 0 Å². The second kappa shape index (κ2) is 3.91. The largest absolute Gasteiger partial charge is 0.452 e. The summed E-state index contributed by atoms with van der Waals surface area (Å²) in [6.45, 7) is 0. The molecule has 0 N–H and O–H groups in total. The average Bonchev–Trinajstić information content (AvgIpc) is 2.95. The van der Waals surface area contributed by atoms with Crippen LogP contribution in [0, 0.1) is 0 Å². The molecule has 0 spiro atoms. The molecule has 0 saturated heterocycles. The molecule has 2 aromatic heterocycles. The number of furan rings is 1. The van der Waals surface area contributed by atoms with Crippen molar-refractivity contribution in [1.29, 1.82) is 0 Å². The van der Waals surface area contributed by atoms with Crippen LogP contribution in [-0.2, 0) is 12.8 Å². The first kappa shape index (κ1) is 9.85. The maximum Gasteiger partial charge on any atom is 0.185 e. The molecule has 0 amide bonds. The molecule has 0 aliphatic heterocycles. The van der Waals surface area contributed by atoms with Crippen molar-refractivity contribution in [3.05, 3.63) is 34.4 Å². The first-order valence-corrected chi connectivity index (χ1v) is 6.41. The Morgan fingerprint density at radius 3 is 2.75 bits per heavy atom. The van der Waals surface area contributed by atoms with E-state index in [0.29, 0.717) is 5.76 Å². The highest BCUT2D eigenvalue weighted by Gasteiger charge is 2.23. The molecule has 2 nitrogen and oxygen atoms in total. The van der Waals surface area contributed by atoms with Crippen LogP contribution in [0.4, 0.5) is 0 Å². The summed E-state index contributed by atoms with van der Waals surface area (Å²) in [5.74, 6) is 1.46. The van der Waals surface area contributed by atoms with Gasteiger partial charge < -0.3 is 4.42 Å². The molecule has 3 heteroatoms. The van der Waals surface area contributed by atoms with Gasteiger partial charge in [-0.1, -0.05) is 6.07 Å². The van der Waals surface area contributed by atoms with Crippen LogP contribution in [0.3, 0.4) is 0 Å². The lowest BCUT2D eigenvalue weighted by Crippen LogP contribution is -2.01. The molecule has 0 aromatic carbocycles. The Kier molecular flexibility index (Phi) is 2.40. The summed E-state index contributed by atoms with van der Waals surface area (Å²) in [5, 5.41) is 2.04. The SMILES string of the molecule is O=Cc1oc(-c2cccs2)c2c1CCCC2. The van der Waals surface area contributed by atoms with Gasteiger partial charge in [0.15, 0.2) is 12.0 Å². The third kappa shape index (κ3) is 1.43. The van der Waals surface area contributed by atoms with Gasteiger partial charge in [0.2, 0.25) is 0 Å². The first-order chi connectivity index (χ1) is 7.90. The van der Waals surface area contributed by atoms with E-state index in [1.165, 1.54) is 12.0 Å². The fraction of sp³-hybridized carbons (Fsp3) is 0.308. The smallest absolute Gasteiger partial charge is 0.185 e. The van der Waals surface area contributed by atoms with Crippen LogP contribution in [-0.4, -0.2) is 6.29 Å². The van der Waals surface area contributed by atoms with Gasteiger partial charge >= 0.3 is 0 Å². The number of carbonyl (C=O) groups excluding carboxylic acids is 1. The summed E-state index contributed by atoms with van der Waals surface area (Å²) in [7, 11) is 0. The Morgan fingerprint density at radius 2 is 2.06 bits per heavy atom. The molecule has 0 radical (unpaired) electrons. The Labute approximate surface area is 97.9 Å². The van der Waals surface area contributed by atoms with Crippen LogP contribution in [0.15, 0.2) is 21.9 Å². The predicted octanol–water partition coefficient (Wildman–Crippen LogP) is 3.70. The predicted molar refractivity (Wildman–Crippen MR) is 64.1 cm³/mol. The molecule has 0 unspecified atom stereocenters. The molecule has 2 aromatic rings. The van der Waals surface area contributed by atoms with Gasteiger partial charge in [-0.2, -0.15) is 0 Å². The molecule has 0 atom stereocenters. The Hall–Kier alpha value is -1.35. The summed E-state index contributed by atoms with van der Waals surface area (Å²) >= 11 is 1.66. The third-order valence-corrected chi connectivity index (χ3v) is 3.97. The summed E-state index contributed by atoms with van der Waals surface area (Å²) in [6, 6.07) is 4.06. The monoisotopic (exact) mass is 232 g/mol. The van der Waals surface area contributed by atoms with Crippen LogP contribution in [0.2, 0.25) is 0 Å². The van der Waals surface area contributed by atoms with Crippen molar-refractivity contribution < 1.29 is 9.21 Å². The summed E-state index contributed by atoms with van der Waals surface area (Å²) in [4.78, 5) is 12.1. The summed E-state index contributed by atoms with van der Waals surface area (Å²) in [5.41, 5.74) is 2.40. The van der Waals surface area contributed by atoms with Crippen LogP contribution in [0.1, 0.15) is 34.5 Å². The van der Waals surface area contributed by atoms with Crippen molar-refractivity contribution in [3.8, 4) is 10.6 Å². The number of aldehydes is 1. The lowest BCUT2D eigenvalue weighted by atomic mass is 9.92. The average molecular weight is 232 g/mol. The van der Waals surface area contributed by atoms with E-state index in [2.05, 4.69) is 0 Å². The third-order valence-electron chi connectivity index (χ3n) is 3.10. The number of thiophene rings is 1. The van der Waals surface area contributed by atoms with Gasteiger partial charge in [-0.25, -0.2) is 0 Å². The Bertz CT molecular complexity index is 508. The summed E-state index contributed by atoms with van der Waals surface area (Å²) < 4.78 is 5.70. The van der Waals surface area contributed by atoms with Crippen LogP contribution in [0.5, 0.6) is 0 Å². The standard InChI is InChI=1S/C13H12O2S/c14-8-11-9-4-1-2-5-10(9)13(15-11)12-6-3-7-16-12/h3,6-8H,1-2,4-5H2. The quantitative estimate of drug-likeness (QED) is 0.739. The lowest BCUT2D eigenvalue weighted by Gasteiger charge is -2.10. The number of hydrogen-bond donors (Lipinski definition) is 0. The molecule has 1 aliphatic carbocycles. The van der Waals surface area contributed by atoms with Crippen LogP contribution < -0.4 is 0 Å². The summed E-state index contributed by atoms with van der Waals surface area (Å²) in [6.07, 6.45) is 5.24. The van der Waals surface area contributed by atoms with Crippen molar-refractivity contribution in [3.63, 3.8) is 0 Å². The minimum absolute atomic E-state index is 0.540. The fourth-order valence-electron chi connectivity index (χ4n) is 2.36. The topological polar surface area (TPSA) is 30.2 Å². The zero-order valence-corrected chi connectivity index (χ0v) is 9.68. The van der Waals surface area contributed by atoms with E-state index >= 15 is 0 Å². The molecule has 2 heterocycles. The number of hydrogen-bond acceptors (Lipinski definition) is 3. The van der Waals surface area contributed by atoms with E-state index < -0.39 is 0 Å². The Balaban J connectivity index is 2.18. The van der Waals surface area contributed by atoms with Gasteiger partial charge in [0.1, 0.15) is 5.76 Å². The highest BCUT2D eigenvalue weighted by molar-refractivity contribution is 7.13. The van der Waals surface area contributed by atoms with Crippen molar-refractivity contribution >= 4 is 17.6 Å². The normalized spacial score (nSPS) is 14.8. The fourth-order valence-corrected chi connectivity index (χ4v) is 3.10. The highest BCUT2D eigenvalue weighted by Crippen LogP contribution is 2.37. The first-order valence-electron chi connectivity index (χ1n) is 5.53. The van der Waals surface area contributed by atoms with Crippen molar-refractivity contribution in [2.75, 3.05) is 0 Å². The van der Waals surface area contributed by atoms with Gasteiger partial charge in [-0.05, 0) is 37.1 Å². The maximum absolute atomic E-state index is 11.0. The van der Waals surface area contributed by atoms with Crippen LogP contribution in [0.25, 0.3) is 10.6 Å². The van der Waals surface area contributed by atoms with Gasteiger partial charge in [0.25, 0.3) is 0 Å². The van der Waals surface area contributed by atoms with Gasteiger partial charge in [0, 0.05) is 11.1 Å². The number of rotatable bonds is 2. The molecule has 16 heavy (non-hydrogen) atoms. The maximum atomic E-state index is 11.0. The Morgan fingerprint density at radius 1 is 1.25 bits per heavy atom. The molecule has 0 bridgehead atoms. The number of carbonyl (C=O) groups is 1. The second-order valence-electron chi connectivity index (χ2n) is 4.05.